The summed E-state index contributed by atoms with van der Waals surface area (Å²) < 4.78 is 7.53. The number of fused-ring (bicyclic) bond motifs is 2. The Morgan fingerprint density at radius 3 is 2.34 bits per heavy atom. The van der Waals surface area contributed by atoms with Crippen LogP contribution >= 0.6 is 0 Å². The molecule has 1 aliphatic rings. The van der Waals surface area contributed by atoms with Gasteiger partial charge in [-0.3, -0.25) is 14.4 Å². The molecule has 0 aliphatic carbocycles. The van der Waals surface area contributed by atoms with Gasteiger partial charge in [-0.25, -0.2) is 4.68 Å². The average Bonchev–Trinajstić information content (AvgIpc) is 3.69. The van der Waals surface area contributed by atoms with E-state index in [1.54, 1.807) is 33.8 Å². The van der Waals surface area contributed by atoms with E-state index < -0.39 is 11.9 Å². The molecule has 0 spiro atoms. The van der Waals surface area contributed by atoms with Crippen LogP contribution in [0.1, 0.15) is 93.3 Å². The lowest BCUT2D eigenvalue weighted by molar-refractivity contribution is 0.0544. The molecule has 260 valence electrons. The zero-order chi connectivity index (χ0) is 35.4. The van der Waals surface area contributed by atoms with Crippen LogP contribution in [0.4, 0.5) is 5.69 Å². The minimum absolute atomic E-state index is 0.139. The first-order valence-electron chi connectivity index (χ1n) is 17.5. The van der Waals surface area contributed by atoms with Gasteiger partial charge in [0, 0.05) is 42.0 Å². The van der Waals surface area contributed by atoms with Crippen molar-refractivity contribution in [3.63, 3.8) is 0 Å². The van der Waals surface area contributed by atoms with Crippen molar-refractivity contribution in [2.45, 2.75) is 72.4 Å². The molecule has 3 heterocycles. The Labute approximate surface area is 292 Å². The van der Waals surface area contributed by atoms with Crippen molar-refractivity contribution in [1.29, 1.82) is 0 Å². The van der Waals surface area contributed by atoms with Crippen molar-refractivity contribution < 1.29 is 23.9 Å². The number of anilines is 1. The molecule has 0 saturated heterocycles. The van der Waals surface area contributed by atoms with E-state index in [0.717, 1.165) is 47.8 Å². The number of unbranched alkanes of at least 4 members (excludes halogenated alkanes) is 2. The van der Waals surface area contributed by atoms with Gasteiger partial charge in [-0.1, -0.05) is 69.2 Å². The van der Waals surface area contributed by atoms with Gasteiger partial charge in [0.2, 0.25) is 0 Å². The van der Waals surface area contributed by atoms with E-state index in [0.29, 0.717) is 54.4 Å². The molecular formula is C40H45N5O5. The molecule has 5 aromatic rings. The van der Waals surface area contributed by atoms with E-state index in [1.807, 2.05) is 67.3 Å². The van der Waals surface area contributed by atoms with Crippen LogP contribution in [0.2, 0.25) is 0 Å². The molecule has 0 radical (unpaired) electrons. The van der Waals surface area contributed by atoms with E-state index in [-0.39, 0.29) is 29.7 Å². The van der Waals surface area contributed by atoms with Crippen molar-refractivity contribution >= 4 is 34.4 Å². The van der Waals surface area contributed by atoms with Crippen molar-refractivity contribution in [3.8, 4) is 5.69 Å². The number of aryl methyl sites for hydroxylation is 2. The van der Waals surface area contributed by atoms with E-state index in [1.165, 1.54) is 0 Å². The highest BCUT2D eigenvalue weighted by atomic mass is 16.3. The van der Waals surface area contributed by atoms with Gasteiger partial charge in [0.1, 0.15) is 5.58 Å². The minimum atomic E-state index is -0.441. The normalized spacial score (nSPS) is 14.1. The van der Waals surface area contributed by atoms with Gasteiger partial charge < -0.3 is 24.6 Å². The highest BCUT2D eigenvalue weighted by Gasteiger charge is 2.32. The summed E-state index contributed by atoms with van der Waals surface area (Å²) in [7, 11) is 0. The third kappa shape index (κ3) is 6.93. The number of amides is 3. The number of rotatable bonds is 12. The molecule has 2 N–H and O–H groups in total. The predicted molar refractivity (Wildman–Crippen MR) is 194 cm³/mol. The quantitative estimate of drug-likeness (QED) is 0.146. The smallest absolute Gasteiger partial charge is 0.291 e. The van der Waals surface area contributed by atoms with E-state index in [4.69, 9.17) is 9.52 Å². The number of hydrogen-bond acceptors (Lipinski definition) is 6. The molecule has 10 nitrogen and oxygen atoms in total. The summed E-state index contributed by atoms with van der Waals surface area (Å²) >= 11 is 0. The fourth-order valence-electron chi connectivity index (χ4n) is 6.69. The Hall–Kier alpha value is -5.22. The maximum absolute atomic E-state index is 14.6. The molecule has 1 unspecified atom stereocenters. The number of aromatic nitrogens is 2. The first kappa shape index (κ1) is 34.6. The van der Waals surface area contributed by atoms with Crippen molar-refractivity contribution in [1.82, 2.24) is 19.6 Å². The summed E-state index contributed by atoms with van der Waals surface area (Å²) in [4.78, 5) is 45.4. The van der Waals surface area contributed by atoms with Crippen LogP contribution in [0.5, 0.6) is 0 Å². The summed E-state index contributed by atoms with van der Waals surface area (Å²) in [5, 5.41) is 19.0. The van der Waals surface area contributed by atoms with Gasteiger partial charge >= 0.3 is 0 Å². The topological polar surface area (TPSA) is 121 Å². The molecule has 10 heteroatoms. The zero-order valence-corrected chi connectivity index (χ0v) is 29.2. The highest BCUT2D eigenvalue weighted by molar-refractivity contribution is 6.07. The average molecular weight is 676 g/mol. The second kappa shape index (κ2) is 15.1. The fraction of sp³-hybridized carbons (Fsp3) is 0.350. The lowest BCUT2D eigenvalue weighted by Gasteiger charge is -2.36. The number of benzene rings is 3. The Morgan fingerprint density at radius 1 is 0.940 bits per heavy atom. The first-order valence-corrected chi connectivity index (χ1v) is 17.5. The summed E-state index contributed by atoms with van der Waals surface area (Å²) in [6, 6.07) is 21.8. The van der Waals surface area contributed by atoms with Crippen LogP contribution in [0.25, 0.3) is 16.7 Å². The Bertz CT molecular complexity index is 2020. The molecule has 2 aromatic heterocycles. The number of nitrogens with one attached hydrogen (secondary N) is 1. The number of carbonyl (C=O) groups is 3. The molecule has 3 aromatic carbocycles. The molecule has 0 fully saturated rings. The summed E-state index contributed by atoms with van der Waals surface area (Å²) in [6.45, 7) is 9.33. The lowest BCUT2D eigenvalue weighted by Crippen LogP contribution is -2.46. The standard InChI is InChI=1S/C40H45N5O5/c1-5-7-19-43(20-8-6-2)40(49)34-21-26(3)45(42-34)35-18-17-30(41-38(47)37-27(4)32-15-11-12-16-36(32)50-37)23-33(35)39(48)44-24-29-14-10-9-13-28(29)22-31(44)25-46/h9-18,21,23,31,46H,5-8,19-20,22,24-25H2,1-4H3,(H,41,47). The Kier molecular flexibility index (Phi) is 10.5. The summed E-state index contributed by atoms with van der Waals surface area (Å²) in [6.07, 6.45) is 4.27. The van der Waals surface area contributed by atoms with Gasteiger partial charge in [0.25, 0.3) is 17.7 Å². The van der Waals surface area contributed by atoms with E-state index in [9.17, 15) is 19.5 Å². The third-order valence-electron chi connectivity index (χ3n) is 9.55. The van der Waals surface area contributed by atoms with Crippen LogP contribution in [0.15, 0.2) is 77.2 Å². The molecule has 3 amide bonds. The molecule has 1 aliphatic heterocycles. The monoisotopic (exact) mass is 675 g/mol. The first-order chi connectivity index (χ1) is 24.2. The number of furan rings is 1. The molecule has 0 bridgehead atoms. The largest absolute Gasteiger partial charge is 0.451 e. The van der Waals surface area contributed by atoms with Crippen LogP contribution in [0, 0.1) is 13.8 Å². The number of aliphatic hydroxyl groups excluding tert-OH is 1. The maximum atomic E-state index is 14.6. The SMILES string of the molecule is CCCCN(CCCC)C(=O)c1cc(C)n(-c2ccc(NC(=O)c3oc4ccccc4c3C)cc2C(=O)N2Cc3ccccc3CC2CO)n1. The van der Waals surface area contributed by atoms with Gasteiger partial charge in [-0.15, -0.1) is 0 Å². The highest BCUT2D eigenvalue weighted by Crippen LogP contribution is 2.30. The van der Waals surface area contributed by atoms with Crippen LogP contribution in [-0.4, -0.2) is 68.1 Å². The van der Waals surface area contributed by atoms with Gasteiger partial charge in [0.15, 0.2) is 11.5 Å². The van der Waals surface area contributed by atoms with E-state index in [2.05, 4.69) is 19.2 Å². The number of nitrogens with zero attached hydrogens (tertiary/aromatic N) is 4. The molecule has 1 atom stereocenters. The number of aliphatic hydroxyl groups is 1. The summed E-state index contributed by atoms with van der Waals surface area (Å²) in [5.41, 5.74) is 5.58. The van der Waals surface area contributed by atoms with Gasteiger partial charge in [-0.2, -0.15) is 5.10 Å². The summed E-state index contributed by atoms with van der Waals surface area (Å²) in [5.74, 6) is -0.704. The van der Waals surface area contributed by atoms with Crippen LogP contribution in [-0.2, 0) is 13.0 Å². The number of para-hydroxylation sites is 1. The van der Waals surface area contributed by atoms with Crippen molar-refractivity contribution in [2.24, 2.45) is 0 Å². The second-order valence-electron chi connectivity index (χ2n) is 13.1. The maximum Gasteiger partial charge on any atom is 0.291 e. The Morgan fingerprint density at radius 2 is 1.64 bits per heavy atom. The number of hydrogen-bond donors (Lipinski definition) is 2. The Balaban J connectivity index is 1.39. The lowest BCUT2D eigenvalue weighted by atomic mass is 9.93. The predicted octanol–water partition coefficient (Wildman–Crippen LogP) is 7.09. The van der Waals surface area contributed by atoms with Gasteiger partial charge in [0.05, 0.1) is 23.9 Å². The molecular weight excluding hydrogens is 630 g/mol. The van der Waals surface area contributed by atoms with Crippen molar-refractivity contribution in [3.05, 3.63) is 112 Å². The second-order valence-corrected chi connectivity index (χ2v) is 13.1. The zero-order valence-electron chi connectivity index (χ0n) is 29.2. The molecule has 6 rings (SSSR count). The van der Waals surface area contributed by atoms with Gasteiger partial charge in [-0.05, 0) is 74.6 Å². The van der Waals surface area contributed by atoms with Crippen LogP contribution < -0.4 is 5.32 Å². The number of carbonyl (C=O) groups excluding carboxylic acids is 3. The molecule has 50 heavy (non-hydrogen) atoms. The molecule has 0 saturated carbocycles. The fourth-order valence-corrected chi connectivity index (χ4v) is 6.69. The van der Waals surface area contributed by atoms with Crippen LogP contribution in [0.3, 0.4) is 0 Å². The van der Waals surface area contributed by atoms with E-state index >= 15 is 0 Å². The van der Waals surface area contributed by atoms with Crippen molar-refractivity contribution in [2.75, 3.05) is 25.0 Å². The minimum Gasteiger partial charge on any atom is -0.451 e. The third-order valence-corrected chi connectivity index (χ3v) is 9.55.